The first kappa shape index (κ1) is 16.3. The van der Waals surface area contributed by atoms with E-state index in [0.717, 1.165) is 25.2 Å². The van der Waals surface area contributed by atoms with Crippen LogP contribution in [0.3, 0.4) is 0 Å². The third-order valence-electron chi connectivity index (χ3n) is 3.81. The second-order valence-corrected chi connectivity index (χ2v) is 9.81. The van der Waals surface area contributed by atoms with Crippen LogP contribution in [0.5, 0.6) is 0 Å². The number of rotatable bonds is 3. The molecule has 0 aliphatic carbocycles. The Hall–Kier alpha value is -1.12. The average molecular weight is 332 g/mol. The Labute approximate surface area is 125 Å². The van der Waals surface area contributed by atoms with Gasteiger partial charge in [0.2, 0.25) is 10.0 Å². The Morgan fingerprint density at radius 2 is 1.81 bits per heavy atom. The van der Waals surface area contributed by atoms with E-state index in [-0.39, 0.29) is 15.5 Å². The van der Waals surface area contributed by atoms with Crippen molar-refractivity contribution in [2.24, 2.45) is 0 Å². The molecule has 8 heteroatoms. The molecule has 6 nitrogen and oxygen atoms in total. The number of anilines is 1. The van der Waals surface area contributed by atoms with Crippen LogP contribution in [0, 0.1) is 0 Å². The van der Waals surface area contributed by atoms with Crippen molar-refractivity contribution >= 4 is 25.5 Å². The number of hydrogen-bond donors (Lipinski definition) is 1. The molecule has 1 heterocycles. The first-order valence-corrected chi connectivity index (χ1v) is 9.92. The first-order chi connectivity index (χ1) is 9.46. The zero-order chi connectivity index (χ0) is 16.1. The van der Waals surface area contributed by atoms with Crippen molar-refractivity contribution in [3.8, 4) is 0 Å². The van der Waals surface area contributed by atoms with Crippen LogP contribution in [0.4, 0.5) is 5.69 Å². The maximum absolute atomic E-state index is 12.8. The van der Waals surface area contributed by atoms with Gasteiger partial charge in [0.25, 0.3) is 0 Å². The fraction of sp³-hybridized carbons (Fsp3) is 0.538. The van der Waals surface area contributed by atoms with Crippen LogP contribution >= 0.6 is 0 Å². The maximum atomic E-state index is 12.8. The number of hydrogen-bond acceptors (Lipinski definition) is 5. The second-order valence-electron chi connectivity index (χ2n) is 5.96. The molecule has 2 rings (SSSR count). The number of nitrogen functional groups attached to an aromatic ring is 1. The minimum atomic E-state index is -3.82. The van der Waals surface area contributed by atoms with Crippen molar-refractivity contribution in [1.29, 1.82) is 0 Å². The topological polar surface area (TPSA) is 97.5 Å². The largest absolute Gasteiger partial charge is 0.398 e. The summed E-state index contributed by atoms with van der Waals surface area (Å²) >= 11 is 0. The predicted octanol–water partition coefficient (Wildman–Crippen LogP) is 1.24. The molecule has 1 aliphatic heterocycles. The van der Waals surface area contributed by atoms with E-state index in [0.29, 0.717) is 6.54 Å². The summed E-state index contributed by atoms with van der Waals surface area (Å²) in [5.41, 5.74) is 5.34. The van der Waals surface area contributed by atoms with Gasteiger partial charge < -0.3 is 5.73 Å². The lowest BCUT2D eigenvalue weighted by molar-refractivity contribution is 0.292. The lowest BCUT2D eigenvalue weighted by atomic mass is 10.0. The molecule has 1 aliphatic rings. The van der Waals surface area contributed by atoms with Crippen LogP contribution in [0.2, 0.25) is 0 Å². The molecule has 0 radical (unpaired) electrons. The van der Waals surface area contributed by atoms with Gasteiger partial charge in [-0.15, -0.1) is 0 Å². The van der Waals surface area contributed by atoms with E-state index in [1.807, 2.05) is 13.8 Å². The number of nitrogens with two attached hydrogens (primary N) is 1. The summed E-state index contributed by atoms with van der Waals surface area (Å²) in [6, 6.07) is 3.79. The lowest BCUT2D eigenvalue weighted by Crippen LogP contribution is -2.42. The van der Waals surface area contributed by atoms with Crippen molar-refractivity contribution in [3.63, 3.8) is 0 Å². The molecule has 0 aromatic heterocycles. The molecule has 1 aromatic carbocycles. The molecule has 0 atom stereocenters. The zero-order valence-electron chi connectivity index (χ0n) is 12.3. The smallest absolute Gasteiger partial charge is 0.245 e. The third-order valence-corrected chi connectivity index (χ3v) is 7.08. The molecule has 21 heavy (non-hydrogen) atoms. The molecule has 0 unspecified atom stereocenters. The van der Waals surface area contributed by atoms with Gasteiger partial charge in [0.15, 0.2) is 9.84 Å². The summed E-state index contributed by atoms with van der Waals surface area (Å²) < 4.78 is 50.2. The Bertz CT molecular complexity index is 767. The van der Waals surface area contributed by atoms with Crippen LogP contribution in [0.1, 0.15) is 26.7 Å². The minimum absolute atomic E-state index is 0.0488. The molecule has 1 aromatic rings. The molecule has 118 valence electrons. The number of benzene rings is 1. The summed E-state index contributed by atoms with van der Waals surface area (Å²) in [6.45, 7) is 4.13. The van der Waals surface area contributed by atoms with Crippen LogP contribution in [-0.4, -0.2) is 39.5 Å². The standard InChI is InChI=1S/C13H20N2O4S2/c1-13(2)7-4-8-15(13)21(18,19)12-9-10(20(3,16)17)5-6-11(12)14/h5-6,9H,4,7-8,14H2,1-3H3. The molecular formula is C13H20N2O4S2. The van der Waals surface area contributed by atoms with Gasteiger partial charge in [-0.2, -0.15) is 4.31 Å². The monoisotopic (exact) mass is 332 g/mol. The summed E-state index contributed by atoms with van der Waals surface area (Å²) in [7, 11) is -7.31. The summed E-state index contributed by atoms with van der Waals surface area (Å²) in [5, 5.41) is 0. The summed E-state index contributed by atoms with van der Waals surface area (Å²) in [4.78, 5) is -0.187. The Balaban J connectivity index is 2.60. The highest BCUT2D eigenvalue weighted by Gasteiger charge is 2.41. The quantitative estimate of drug-likeness (QED) is 0.840. The van der Waals surface area contributed by atoms with Gasteiger partial charge in [0.1, 0.15) is 4.90 Å². The van der Waals surface area contributed by atoms with Gasteiger partial charge in [-0.05, 0) is 44.9 Å². The zero-order valence-corrected chi connectivity index (χ0v) is 14.0. The van der Waals surface area contributed by atoms with E-state index in [1.54, 1.807) is 0 Å². The highest BCUT2D eigenvalue weighted by atomic mass is 32.2. The van der Waals surface area contributed by atoms with Gasteiger partial charge in [-0.25, -0.2) is 16.8 Å². The SMILES string of the molecule is CC1(C)CCCN1S(=O)(=O)c1cc(S(C)(=O)=O)ccc1N. The highest BCUT2D eigenvalue weighted by molar-refractivity contribution is 7.91. The number of nitrogens with zero attached hydrogens (tertiary/aromatic N) is 1. The molecule has 1 fully saturated rings. The minimum Gasteiger partial charge on any atom is -0.398 e. The van der Waals surface area contributed by atoms with E-state index < -0.39 is 25.4 Å². The van der Waals surface area contributed by atoms with E-state index in [1.165, 1.54) is 16.4 Å². The van der Waals surface area contributed by atoms with Crippen molar-refractivity contribution in [2.75, 3.05) is 18.5 Å². The molecule has 0 spiro atoms. The Morgan fingerprint density at radius 1 is 1.19 bits per heavy atom. The molecule has 1 saturated heterocycles. The first-order valence-electron chi connectivity index (χ1n) is 6.59. The summed E-state index contributed by atoms with van der Waals surface area (Å²) in [6.07, 6.45) is 2.57. The van der Waals surface area contributed by atoms with Gasteiger partial charge >= 0.3 is 0 Å². The van der Waals surface area contributed by atoms with E-state index in [2.05, 4.69) is 0 Å². The number of sulfone groups is 1. The van der Waals surface area contributed by atoms with Crippen LogP contribution < -0.4 is 5.73 Å². The lowest BCUT2D eigenvalue weighted by Gasteiger charge is -2.31. The normalized spacial score (nSPS) is 19.8. The maximum Gasteiger partial charge on any atom is 0.245 e. The van der Waals surface area contributed by atoms with Gasteiger partial charge in [0, 0.05) is 18.3 Å². The Morgan fingerprint density at radius 3 is 2.29 bits per heavy atom. The predicted molar refractivity (Wildman–Crippen MR) is 81.2 cm³/mol. The van der Waals surface area contributed by atoms with Gasteiger partial charge in [-0.1, -0.05) is 0 Å². The van der Waals surface area contributed by atoms with Crippen LogP contribution in [0.25, 0.3) is 0 Å². The van der Waals surface area contributed by atoms with E-state index in [9.17, 15) is 16.8 Å². The van der Waals surface area contributed by atoms with Crippen LogP contribution in [-0.2, 0) is 19.9 Å². The van der Waals surface area contributed by atoms with E-state index in [4.69, 9.17) is 5.73 Å². The van der Waals surface area contributed by atoms with Crippen molar-refractivity contribution in [1.82, 2.24) is 4.31 Å². The van der Waals surface area contributed by atoms with Crippen molar-refractivity contribution < 1.29 is 16.8 Å². The van der Waals surface area contributed by atoms with Crippen molar-refractivity contribution in [3.05, 3.63) is 18.2 Å². The highest BCUT2D eigenvalue weighted by Crippen LogP contribution is 2.36. The summed E-state index contributed by atoms with van der Waals surface area (Å²) in [5.74, 6) is 0. The van der Waals surface area contributed by atoms with Gasteiger partial charge in [0.05, 0.1) is 10.6 Å². The third kappa shape index (κ3) is 2.93. The number of sulfonamides is 1. The average Bonchev–Trinajstić information content (AvgIpc) is 2.68. The fourth-order valence-corrected chi connectivity index (χ4v) is 5.33. The molecule has 0 saturated carbocycles. The fourth-order valence-electron chi connectivity index (χ4n) is 2.62. The molecule has 0 bridgehead atoms. The molecule has 0 amide bonds. The van der Waals surface area contributed by atoms with Crippen molar-refractivity contribution in [2.45, 2.75) is 42.0 Å². The molecule has 2 N–H and O–H groups in total. The molecular weight excluding hydrogens is 312 g/mol. The van der Waals surface area contributed by atoms with E-state index >= 15 is 0 Å². The second kappa shape index (κ2) is 4.96. The Kier molecular flexibility index (Phi) is 3.84. The van der Waals surface area contributed by atoms with Gasteiger partial charge in [-0.3, -0.25) is 0 Å². The van der Waals surface area contributed by atoms with Crippen LogP contribution in [0.15, 0.2) is 28.0 Å².